The van der Waals surface area contributed by atoms with Crippen LogP contribution >= 0.6 is 0 Å². The third kappa shape index (κ3) is 3.19. The van der Waals surface area contributed by atoms with Crippen molar-refractivity contribution in [1.29, 1.82) is 0 Å². The highest BCUT2D eigenvalue weighted by Crippen LogP contribution is 2.09. The molecule has 3 aromatic rings. The molecule has 0 amide bonds. The topological polar surface area (TPSA) is 81.4 Å². The third-order valence-electron chi connectivity index (χ3n) is 2.80. The lowest BCUT2D eigenvalue weighted by atomic mass is 10.2. The van der Waals surface area contributed by atoms with Gasteiger partial charge in [0.25, 0.3) is 5.95 Å². The highest BCUT2D eigenvalue weighted by molar-refractivity contribution is 5.29. The van der Waals surface area contributed by atoms with Crippen LogP contribution in [-0.4, -0.2) is 36.3 Å². The summed E-state index contributed by atoms with van der Waals surface area (Å²) in [5.74, 6) is 1.74. The second-order valence-electron chi connectivity index (χ2n) is 4.39. The number of pyridine rings is 1. The van der Waals surface area contributed by atoms with Crippen LogP contribution in [0.4, 0.5) is 5.95 Å². The summed E-state index contributed by atoms with van der Waals surface area (Å²) in [5.41, 5.74) is 1.05. The van der Waals surface area contributed by atoms with E-state index in [4.69, 9.17) is 0 Å². The summed E-state index contributed by atoms with van der Waals surface area (Å²) in [7, 11) is 0. The van der Waals surface area contributed by atoms with Crippen molar-refractivity contribution >= 4 is 5.95 Å². The fourth-order valence-corrected chi connectivity index (χ4v) is 1.90. The van der Waals surface area contributed by atoms with E-state index in [9.17, 15) is 0 Å². The number of hydrogen-bond donors (Lipinski definition) is 1. The van der Waals surface area contributed by atoms with Gasteiger partial charge in [0.05, 0.1) is 0 Å². The lowest BCUT2D eigenvalue weighted by molar-refractivity contribution is 0.773. The van der Waals surface area contributed by atoms with Crippen LogP contribution in [0.2, 0.25) is 0 Å². The van der Waals surface area contributed by atoms with Gasteiger partial charge in [-0.3, -0.25) is 4.98 Å². The highest BCUT2D eigenvalue weighted by atomic mass is 15.4. The summed E-state index contributed by atoms with van der Waals surface area (Å²) < 4.78 is 1.62. The van der Waals surface area contributed by atoms with E-state index in [1.807, 2.05) is 31.3 Å². The van der Waals surface area contributed by atoms with E-state index in [2.05, 4.69) is 30.4 Å². The van der Waals surface area contributed by atoms with Crippen LogP contribution in [0.1, 0.15) is 18.3 Å². The van der Waals surface area contributed by atoms with Gasteiger partial charge in [-0.05, 0) is 24.6 Å². The predicted molar refractivity (Wildman–Crippen MR) is 78.2 cm³/mol. The Morgan fingerprint density at radius 2 is 2.10 bits per heavy atom. The van der Waals surface area contributed by atoms with E-state index in [-0.39, 0.29) is 0 Å². The van der Waals surface area contributed by atoms with Crippen molar-refractivity contribution < 1.29 is 0 Å². The van der Waals surface area contributed by atoms with E-state index in [1.54, 1.807) is 23.3 Å². The number of anilines is 1. The van der Waals surface area contributed by atoms with E-state index < -0.39 is 0 Å². The number of nitrogens with one attached hydrogen (secondary N) is 1. The van der Waals surface area contributed by atoms with Crippen LogP contribution in [0.5, 0.6) is 0 Å². The highest BCUT2D eigenvalue weighted by Gasteiger charge is 2.08. The maximum absolute atomic E-state index is 4.46. The van der Waals surface area contributed by atoms with Gasteiger partial charge in [0.2, 0.25) is 5.95 Å². The summed E-state index contributed by atoms with van der Waals surface area (Å²) in [4.78, 5) is 17.4. The van der Waals surface area contributed by atoms with Gasteiger partial charge < -0.3 is 5.32 Å². The normalized spacial score (nSPS) is 10.5. The standard InChI is InChI=1S/C14H15N7/c1-2-16-13-18-12(9-11-5-3-6-15-10-11)19-14(20-13)21-8-4-7-17-21/h3-8,10H,2,9H2,1H3,(H,16,18,19,20). The van der Waals surface area contributed by atoms with Gasteiger partial charge in [0, 0.05) is 37.8 Å². The Labute approximate surface area is 122 Å². The number of hydrogen-bond acceptors (Lipinski definition) is 6. The zero-order chi connectivity index (χ0) is 14.5. The fraction of sp³-hybridized carbons (Fsp3) is 0.214. The molecule has 0 aliphatic heterocycles. The van der Waals surface area contributed by atoms with Gasteiger partial charge in [0.15, 0.2) is 0 Å². The molecule has 106 valence electrons. The zero-order valence-electron chi connectivity index (χ0n) is 11.6. The van der Waals surface area contributed by atoms with E-state index in [0.29, 0.717) is 24.1 Å². The molecule has 0 unspecified atom stereocenters. The first-order valence-corrected chi connectivity index (χ1v) is 6.73. The first-order valence-electron chi connectivity index (χ1n) is 6.73. The summed E-state index contributed by atoms with van der Waals surface area (Å²) in [6, 6.07) is 5.73. The summed E-state index contributed by atoms with van der Waals surface area (Å²) in [6.07, 6.45) is 7.65. The average molecular weight is 281 g/mol. The van der Waals surface area contributed by atoms with Crippen LogP contribution in [0.25, 0.3) is 5.95 Å². The molecule has 0 radical (unpaired) electrons. The molecular weight excluding hydrogens is 266 g/mol. The van der Waals surface area contributed by atoms with Crippen molar-refractivity contribution in [1.82, 2.24) is 29.7 Å². The maximum Gasteiger partial charge on any atom is 0.255 e. The average Bonchev–Trinajstić information content (AvgIpc) is 3.03. The SMILES string of the molecule is CCNc1nc(Cc2cccnc2)nc(-n2cccn2)n1. The molecule has 3 heterocycles. The van der Waals surface area contributed by atoms with Crippen molar-refractivity contribution in [3.63, 3.8) is 0 Å². The number of nitrogens with zero attached hydrogens (tertiary/aromatic N) is 6. The Balaban J connectivity index is 1.95. The third-order valence-corrected chi connectivity index (χ3v) is 2.80. The van der Waals surface area contributed by atoms with Crippen LogP contribution in [0, 0.1) is 0 Å². The maximum atomic E-state index is 4.46. The Hall–Kier alpha value is -2.83. The van der Waals surface area contributed by atoms with Gasteiger partial charge >= 0.3 is 0 Å². The van der Waals surface area contributed by atoms with Crippen LogP contribution in [-0.2, 0) is 6.42 Å². The summed E-state index contributed by atoms with van der Waals surface area (Å²) in [5, 5.41) is 7.28. The van der Waals surface area contributed by atoms with Gasteiger partial charge in [-0.25, -0.2) is 4.68 Å². The first kappa shape index (κ1) is 13.2. The Morgan fingerprint density at radius 3 is 2.81 bits per heavy atom. The molecule has 3 rings (SSSR count). The lowest BCUT2D eigenvalue weighted by Gasteiger charge is -2.07. The molecule has 3 aromatic heterocycles. The Bertz CT molecular complexity index is 695. The minimum absolute atomic E-state index is 0.504. The molecular formula is C14H15N7. The fourth-order valence-electron chi connectivity index (χ4n) is 1.90. The quantitative estimate of drug-likeness (QED) is 0.762. The lowest BCUT2D eigenvalue weighted by Crippen LogP contribution is -2.12. The Morgan fingerprint density at radius 1 is 1.14 bits per heavy atom. The molecule has 0 aromatic carbocycles. The monoisotopic (exact) mass is 281 g/mol. The molecule has 0 saturated heterocycles. The molecule has 7 nitrogen and oxygen atoms in total. The second kappa shape index (κ2) is 6.08. The summed E-state index contributed by atoms with van der Waals surface area (Å²) in [6.45, 7) is 2.74. The molecule has 0 aliphatic rings. The van der Waals surface area contributed by atoms with Crippen molar-refractivity contribution in [3.8, 4) is 5.95 Å². The van der Waals surface area contributed by atoms with Gasteiger partial charge in [-0.1, -0.05) is 6.07 Å². The molecule has 0 bridgehead atoms. The minimum Gasteiger partial charge on any atom is -0.354 e. The smallest absolute Gasteiger partial charge is 0.255 e. The van der Waals surface area contributed by atoms with Gasteiger partial charge in [-0.2, -0.15) is 20.1 Å². The molecule has 21 heavy (non-hydrogen) atoms. The van der Waals surface area contributed by atoms with Crippen molar-refractivity contribution in [2.45, 2.75) is 13.3 Å². The van der Waals surface area contributed by atoms with Crippen molar-refractivity contribution in [3.05, 3.63) is 54.4 Å². The van der Waals surface area contributed by atoms with Crippen LogP contribution in [0.3, 0.4) is 0 Å². The van der Waals surface area contributed by atoms with E-state index in [1.165, 1.54) is 0 Å². The van der Waals surface area contributed by atoms with Gasteiger partial charge in [-0.15, -0.1) is 0 Å². The van der Waals surface area contributed by atoms with E-state index >= 15 is 0 Å². The zero-order valence-corrected chi connectivity index (χ0v) is 11.6. The molecule has 0 saturated carbocycles. The number of aromatic nitrogens is 6. The number of rotatable bonds is 5. The largest absolute Gasteiger partial charge is 0.354 e. The molecule has 7 heteroatoms. The van der Waals surface area contributed by atoms with Crippen molar-refractivity contribution in [2.75, 3.05) is 11.9 Å². The summed E-state index contributed by atoms with van der Waals surface area (Å²) >= 11 is 0. The van der Waals surface area contributed by atoms with Crippen molar-refractivity contribution in [2.24, 2.45) is 0 Å². The molecule has 0 fully saturated rings. The molecule has 1 N–H and O–H groups in total. The van der Waals surface area contributed by atoms with Crippen LogP contribution in [0.15, 0.2) is 43.0 Å². The molecule has 0 spiro atoms. The predicted octanol–water partition coefficient (Wildman–Crippen LogP) is 1.47. The van der Waals surface area contributed by atoms with E-state index in [0.717, 1.165) is 12.1 Å². The molecule has 0 aliphatic carbocycles. The Kier molecular flexibility index (Phi) is 3.81. The second-order valence-corrected chi connectivity index (χ2v) is 4.39. The van der Waals surface area contributed by atoms with Crippen LogP contribution < -0.4 is 5.32 Å². The van der Waals surface area contributed by atoms with Gasteiger partial charge in [0.1, 0.15) is 5.82 Å². The minimum atomic E-state index is 0.504. The molecule has 0 atom stereocenters. The first-order chi connectivity index (χ1) is 10.3.